The van der Waals surface area contributed by atoms with Crippen molar-refractivity contribution in [2.45, 2.75) is 90.9 Å². The minimum atomic E-state index is -4.53. The lowest BCUT2D eigenvalue weighted by Crippen LogP contribution is -2.48. The maximum atomic E-state index is 15.8. The zero-order valence-electron chi connectivity index (χ0n) is 22.9. The van der Waals surface area contributed by atoms with E-state index >= 15 is 4.39 Å². The summed E-state index contributed by atoms with van der Waals surface area (Å²) in [4.78, 5) is 40.1. The van der Waals surface area contributed by atoms with E-state index < -0.39 is 81.1 Å². The van der Waals surface area contributed by atoms with Crippen molar-refractivity contribution in [3.05, 3.63) is 22.7 Å². The number of rotatable bonds is 16. The number of carbonyl (C=O) groups is 2. The molecule has 0 aromatic carbocycles. The van der Waals surface area contributed by atoms with Gasteiger partial charge < -0.3 is 25.1 Å². The molecule has 0 saturated heterocycles. The Labute approximate surface area is 225 Å². The number of nitrogen functional groups attached to an aromatic ring is 1. The molecule has 1 aromatic heterocycles. The number of nitrogens with two attached hydrogens (primary N) is 1. The molecule has 0 fully saturated rings. The molecule has 1 heterocycles. The standard InChI is InChI=1S/C22H38F2N5O9P/c1-12(2)36-19(31)14(5)27-39(34,28-15(6)20(32)37-13(3)4)35-11-22(24,16(7)30)38-18(10-23)29-9-8-17(25)26-21(29)33/h8-9,12-16,18,30H,10-11H2,1-7H3,(H2,25,26,33)(H2,27,28,34)/t14-,15-,16-,18+,22+/m0/s1. The zero-order chi connectivity index (χ0) is 30.1. The molecule has 0 aliphatic rings. The van der Waals surface area contributed by atoms with Crippen LogP contribution < -0.4 is 21.6 Å². The number of hydrogen-bond donors (Lipinski definition) is 4. The van der Waals surface area contributed by atoms with Gasteiger partial charge in [-0.15, -0.1) is 0 Å². The Bertz CT molecular complexity index is 1040. The second kappa shape index (κ2) is 14.8. The highest BCUT2D eigenvalue weighted by Gasteiger charge is 2.44. The first-order chi connectivity index (χ1) is 17.9. The fraction of sp³-hybridized carbons (Fsp3) is 0.727. The number of nitrogens with zero attached hydrogens (tertiary/aromatic N) is 2. The number of aromatic nitrogens is 2. The predicted octanol–water partition coefficient (Wildman–Crippen LogP) is 1.34. The van der Waals surface area contributed by atoms with Crippen molar-refractivity contribution in [2.24, 2.45) is 0 Å². The number of alkyl halides is 2. The molecule has 0 aliphatic heterocycles. The van der Waals surface area contributed by atoms with Crippen LogP contribution in [-0.2, 0) is 32.9 Å². The summed E-state index contributed by atoms with van der Waals surface area (Å²) in [6.07, 6.45) is -3.95. The number of carbonyl (C=O) groups excluding carboxylic acids is 2. The highest BCUT2D eigenvalue weighted by molar-refractivity contribution is 7.54. The SMILES string of the molecule is CC(C)OC(=O)[C@H](C)NP(=O)(N[C@@H](C)C(=O)OC(C)C)OC[C@@](F)(O[C@H](CF)n1ccc(N)nc1=O)[C@H](C)O. The number of nitrogens with one attached hydrogen (secondary N) is 2. The Balaban J connectivity index is 3.26. The highest BCUT2D eigenvalue weighted by atomic mass is 31.2. The molecule has 14 nitrogen and oxygen atoms in total. The molecule has 1 rings (SSSR count). The number of halogens is 2. The summed E-state index contributed by atoms with van der Waals surface area (Å²) in [5.74, 6) is -5.09. The van der Waals surface area contributed by atoms with Gasteiger partial charge in [0.15, 0.2) is 6.23 Å². The Hall–Kier alpha value is -2.49. The van der Waals surface area contributed by atoms with Gasteiger partial charge >= 0.3 is 25.3 Å². The molecular weight excluding hydrogens is 547 g/mol. The van der Waals surface area contributed by atoms with Gasteiger partial charge in [-0.05, 0) is 54.5 Å². The van der Waals surface area contributed by atoms with Crippen LogP contribution in [0.2, 0.25) is 0 Å². The maximum absolute atomic E-state index is 15.8. The van der Waals surface area contributed by atoms with Crippen LogP contribution in [0.4, 0.5) is 14.6 Å². The molecule has 1 aromatic rings. The van der Waals surface area contributed by atoms with E-state index in [1.165, 1.54) is 13.8 Å². The quantitative estimate of drug-likeness (QED) is 0.161. The molecule has 0 amide bonds. The summed E-state index contributed by atoms with van der Waals surface area (Å²) in [6, 6.07) is -1.42. The summed E-state index contributed by atoms with van der Waals surface area (Å²) >= 11 is 0. The first kappa shape index (κ1) is 34.5. The highest BCUT2D eigenvalue weighted by Crippen LogP contribution is 2.41. The van der Waals surface area contributed by atoms with Crippen molar-refractivity contribution in [1.29, 1.82) is 0 Å². The fourth-order valence-electron chi connectivity index (χ4n) is 2.86. The van der Waals surface area contributed by atoms with Crippen molar-refractivity contribution < 1.29 is 46.8 Å². The normalized spacial score (nSPS) is 16.8. The van der Waals surface area contributed by atoms with E-state index in [1.54, 1.807) is 27.7 Å². The maximum Gasteiger partial charge on any atom is 0.351 e. The van der Waals surface area contributed by atoms with Crippen molar-refractivity contribution in [3.8, 4) is 0 Å². The number of aliphatic hydroxyl groups is 1. The number of aliphatic hydroxyl groups excluding tert-OH is 1. The molecule has 0 aliphatic carbocycles. The van der Waals surface area contributed by atoms with Crippen molar-refractivity contribution >= 4 is 25.4 Å². The monoisotopic (exact) mass is 585 g/mol. The third-order valence-electron chi connectivity index (χ3n) is 4.83. The molecule has 224 valence electrons. The van der Waals surface area contributed by atoms with E-state index in [4.69, 9.17) is 24.5 Å². The van der Waals surface area contributed by atoms with Crippen molar-refractivity contribution in [1.82, 2.24) is 19.7 Å². The van der Waals surface area contributed by atoms with Crippen LogP contribution in [0.25, 0.3) is 0 Å². The number of anilines is 1. The molecule has 17 heteroatoms. The van der Waals surface area contributed by atoms with Crippen LogP contribution >= 0.6 is 7.67 Å². The van der Waals surface area contributed by atoms with Gasteiger partial charge in [-0.25, -0.2) is 23.7 Å². The minimum absolute atomic E-state index is 0.174. The largest absolute Gasteiger partial charge is 0.462 e. The van der Waals surface area contributed by atoms with Crippen molar-refractivity contribution in [2.75, 3.05) is 19.0 Å². The van der Waals surface area contributed by atoms with E-state index in [0.717, 1.165) is 19.2 Å². The van der Waals surface area contributed by atoms with Crippen LogP contribution in [0.1, 0.15) is 54.7 Å². The topological polar surface area (TPSA) is 193 Å². The van der Waals surface area contributed by atoms with E-state index in [-0.39, 0.29) is 5.82 Å². The molecule has 39 heavy (non-hydrogen) atoms. The van der Waals surface area contributed by atoms with Crippen LogP contribution in [0, 0.1) is 0 Å². The van der Waals surface area contributed by atoms with Crippen LogP contribution in [-0.4, -0.2) is 76.1 Å². The molecule has 0 bridgehead atoms. The van der Waals surface area contributed by atoms with Crippen LogP contribution in [0.5, 0.6) is 0 Å². The Kier molecular flexibility index (Phi) is 13.1. The molecule has 5 atom stereocenters. The van der Waals surface area contributed by atoms with E-state index in [2.05, 4.69) is 15.2 Å². The summed E-state index contributed by atoms with van der Waals surface area (Å²) < 4.78 is 64.3. The molecule has 0 radical (unpaired) electrons. The lowest BCUT2D eigenvalue weighted by molar-refractivity contribution is -0.260. The molecular formula is C22H38F2N5O9P. The Morgan fingerprint density at radius 2 is 1.59 bits per heavy atom. The number of ether oxygens (including phenoxy) is 3. The average Bonchev–Trinajstić information content (AvgIpc) is 2.80. The zero-order valence-corrected chi connectivity index (χ0v) is 23.8. The lowest BCUT2D eigenvalue weighted by Gasteiger charge is -2.34. The number of hydrogen-bond acceptors (Lipinski definition) is 11. The Morgan fingerprint density at radius 1 is 1.10 bits per heavy atom. The van der Waals surface area contributed by atoms with Crippen LogP contribution in [0.15, 0.2) is 17.1 Å². The second-order valence-corrected chi connectivity index (χ2v) is 11.1. The summed E-state index contributed by atoms with van der Waals surface area (Å²) in [5.41, 5.74) is 4.35. The smallest absolute Gasteiger partial charge is 0.351 e. The van der Waals surface area contributed by atoms with Gasteiger partial charge in [-0.2, -0.15) is 4.98 Å². The molecule has 5 N–H and O–H groups in total. The Morgan fingerprint density at radius 3 is 1.97 bits per heavy atom. The van der Waals surface area contributed by atoms with E-state index in [9.17, 15) is 28.4 Å². The number of esters is 2. The van der Waals surface area contributed by atoms with Gasteiger partial charge in [0.05, 0.1) is 12.2 Å². The predicted molar refractivity (Wildman–Crippen MR) is 136 cm³/mol. The van der Waals surface area contributed by atoms with Crippen molar-refractivity contribution in [3.63, 3.8) is 0 Å². The average molecular weight is 586 g/mol. The van der Waals surface area contributed by atoms with Gasteiger partial charge in [-0.1, -0.05) is 0 Å². The third-order valence-corrected chi connectivity index (χ3v) is 6.78. The first-order valence-corrected chi connectivity index (χ1v) is 13.7. The van der Waals surface area contributed by atoms with Crippen LogP contribution in [0.3, 0.4) is 0 Å². The van der Waals surface area contributed by atoms with Gasteiger partial charge in [0, 0.05) is 6.20 Å². The minimum Gasteiger partial charge on any atom is -0.462 e. The fourth-order valence-corrected chi connectivity index (χ4v) is 4.67. The molecule has 0 saturated carbocycles. The van der Waals surface area contributed by atoms with E-state index in [1.807, 2.05) is 0 Å². The summed E-state index contributed by atoms with van der Waals surface area (Å²) in [6.45, 7) is 7.11. The van der Waals surface area contributed by atoms with Gasteiger partial charge in [0.1, 0.15) is 37.3 Å². The third kappa shape index (κ3) is 10.9. The molecule has 0 unspecified atom stereocenters. The second-order valence-electron chi connectivity index (χ2n) is 9.23. The lowest BCUT2D eigenvalue weighted by atomic mass is 10.2. The first-order valence-electron chi connectivity index (χ1n) is 12.1. The summed E-state index contributed by atoms with van der Waals surface area (Å²) in [5, 5.41) is 14.8. The summed E-state index contributed by atoms with van der Waals surface area (Å²) in [7, 11) is -4.53. The van der Waals surface area contributed by atoms with Gasteiger partial charge in [-0.3, -0.25) is 23.2 Å². The van der Waals surface area contributed by atoms with Gasteiger partial charge in [0.25, 0.3) is 5.85 Å². The molecule has 0 spiro atoms. The van der Waals surface area contributed by atoms with Gasteiger partial charge in [0.2, 0.25) is 0 Å². The van der Waals surface area contributed by atoms with E-state index in [0.29, 0.717) is 4.57 Å².